The zero-order valence-corrected chi connectivity index (χ0v) is 25.0. The second-order valence-electron chi connectivity index (χ2n) is 12.6. The van der Waals surface area contributed by atoms with Gasteiger partial charge in [0.2, 0.25) is 5.91 Å². The monoisotopic (exact) mass is 568 g/mol. The van der Waals surface area contributed by atoms with Crippen LogP contribution in [0.2, 0.25) is 0 Å². The lowest BCUT2D eigenvalue weighted by Crippen LogP contribution is -2.44. The first-order chi connectivity index (χ1) is 20.2. The lowest BCUT2D eigenvalue weighted by Gasteiger charge is -2.31. The minimum atomic E-state index is -0.273. The second-order valence-corrected chi connectivity index (χ2v) is 12.6. The van der Waals surface area contributed by atoms with Crippen LogP contribution in [0.5, 0.6) is 11.5 Å². The molecule has 0 aromatic heterocycles. The standard InChI is InChI=1S/C36H41FN2O3/c1-24(40)39-34-15-10-27(20-28(34)22-36(39,2)3)32-7-4-6-26-21-29(41)11-14-33(26)35(32)25-8-12-30(13-9-25)42-31-16-19-38(23-31)18-5-17-37/h8-15,20-21,31,41H,4-7,16-19,22-23H2,1-3H3/t31-/m0/s1. The zero-order chi connectivity index (χ0) is 29.4. The first kappa shape index (κ1) is 28.5. The number of hydrogen-bond donors (Lipinski definition) is 1. The van der Waals surface area contributed by atoms with Gasteiger partial charge in [0.25, 0.3) is 0 Å². The summed E-state index contributed by atoms with van der Waals surface area (Å²) in [5.74, 6) is 1.21. The van der Waals surface area contributed by atoms with Crippen LogP contribution in [0.15, 0.2) is 60.7 Å². The van der Waals surface area contributed by atoms with E-state index in [1.807, 2.05) is 17.0 Å². The minimum absolute atomic E-state index is 0.0713. The molecule has 5 nitrogen and oxygen atoms in total. The van der Waals surface area contributed by atoms with Crippen molar-refractivity contribution in [2.24, 2.45) is 0 Å². The maximum Gasteiger partial charge on any atom is 0.224 e. The molecule has 1 N–H and O–H groups in total. The fraction of sp³-hybridized carbons (Fsp3) is 0.417. The smallest absolute Gasteiger partial charge is 0.224 e. The van der Waals surface area contributed by atoms with Gasteiger partial charge in [0.1, 0.15) is 17.6 Å². The maximum absolute atomic E-state index is 12.6. The molecule has 0 unspecified atom stereocenters. The van der Waals surface area contributed by atoms with E-state index in [9.17, 15) is 14.3 Å². The quantitative estimate of drug-likeness (QED) is 0.328. The van der Waals surface area contributed by atoms with Gasteiger partial charge in [-0.2, -0.15) is 0 Å². The zero-order valence-electron chi connectivity index (χ0n) is 25.0. The number of carbonyl (C=O) groups is 1. The molecule has 1 saturated heterocycles. The number of likely N-dealkylation sites (tertiary alicyclic amines) is 1. The number of nitrogens with zero attached hydrogens (tertiary/aromatic N) is 2. The van der Waals surface area contributed by atoms with Gasteiger partial charge >= 0.3 is 0 Å². The van der Waals surface area contributed by atoms with E-state index in [2.05, 4.69) is 61.2 Å². The van der Waals surface area contributed by atoms with E-state index in [4.69, 9.17) is 4.74 Å². The van der Waals surface area contributed by atoms with Gasteiger partial charge in [-0.15, -0.1) is 0 Å². The first-order valence-corrected chi connectivity index (χ1v) is 15.3. The van der Waals surface area contributed by atoms with Crippen molar-refractivity contribution in [3.05, 3.63) is 88.5 Å². The Bertz CT molecular complexity index is 1510. The van der Waals surface area contributed by atoms with E-state index < -0.39 is 0 Å². The summed E-state index contributed by atoms with van der Waals surface area (Å²) in [6.07, 6.45) is 5.27. The Morgan fingerprint density at radius 1 is 1.02 bits per heavy atom. The number of halogens is 1. The highest BCUT2D eigenvalue weighted by Gasteiger charge is 2.38. The van der Waals surface area contributed by atoms with Gasteiger partial charge in [-0.25, -0.2) is 0 Å². The number of amides is 1. The third-order valence-corrected chi connectivity index (χ3v) is 9.03. The molecule has 3 aromatic carbocycles. The number of rotatable bonds is 7. The molecule has 1 amide bonds. The van der Waals surface area contributed by atoms with Crippen molar-refractivity contribution in [3.8, 4) is 11.5 Å². The van der Waals surface area contributed by atoms with Crippen molar-refractivity contribution < 1.29 is 19.0 Å². The summed E-state index contributed by atoms with van der Waals surface area (Å²) in [5, 5.41) is 10.3. The summed E-state index contributed by atoms with van der Waals surface area (Å²) in [5.41, 5.74) is 9.05. The molecule has 42 heavy (non-hydrogen) atoms. The topological polar surface area (TPSA) is 53.0 Å². The number of hydrogen-bond acceptors (Lipinski definition) is 4. The number of alkyl halides is 1. The highest BCUT2D eigenvalue weighted by molar-refractivity contribution is 6.01. The predicted octanol–water partition coefficient (Wildman–Crippen LogP) is 7.19. The number of benzene rings is 3. The van der Waals surface area contributed by atoms with E-state index in [0.29, 0.717) is 12.2 Å². The van der Waals surface area contributed by atoms with Crippen LogP contribution in [0.3, 0.4) is 0 Å². The van der Waals surface area contributed by atoms with E-state index in [0.717, 1.165) is 79.9 Å². The molecule has 2 heterocycles. The Morgan fingerprint density at radius 2 is 1.81 bits per heavy atom. The highest BCUT2D eigenvalue weighted by atomic mass is 19.1. The minimum Gasteiger partial charge on any atom is -0.508 e. The highest BCUT2D eigenvalue weighted by Crippen LogP contribution is 2.44. The third kappa shape index (κ3) is 5.57. The molecule has 220 valence electrons. The number of carbonyl (C=O) groups excluding carboxylic acids is 1. The number of aryl methyl sites for hydroxylation is 1. The molecular weight excluding hydrogens is 527 g/mol. The summed E-state index contributed by atoms with van der Waals surface area (Å²) < 4.78 is 18.9. The normalized spacial score (nSPS) is 19.9. The number of ether oxygens (including phenoxy) is 1. The summed E-state index contributed by atoms with van der Waals surface area (Å²) in [7, 11) is 0. The second kappa shape index (κ2) is 11.6. The van der Waals surface area contributed by atoms with Crippen LogP contribution in [-0.2, 0) is 17.6 Å². The van der Waals surface area contributed by atoms with E-state index in [1.165, 1.54) is 22.3 Å². The van der Waals surface area contributed by atoms with E-state index >= 15 is 0 Å². The summed E-state index contributed by atoms with van der Waals surface area (Å²) in [6.45, 7) is 8.20. The van der Waals surface area contributed by atoms with Crippen molar-refractivity contribution in [2.75, 3.05) is 31.2 Å². The average molecular weight is 569 g/mol. The number of phenols is 1. The van der Waals surface area contributed by atoms with Gasteiger partial charge in [-0.3, -0.25) is 14.1 Å². The van der Waals surface area contributed by atoms with Crippen molar-refractivity contribution in [1.29, 1.82) is 0 Å². The van der Waals surface area contributed by atoms with E-state index in [1.54, 1.807) is 13.0 Å². The molecule has 3 aromatic rings. The van der Waals surface area contributed by atoms with Crippen molar-refractivity contribution >= 4 is 22.7 Å². The molecule has 1 aliphatic carbocycles. The Morgan fingerprint density at radius 3 is 2.57 bits per heavy atom. The molecular formula is C36H41FN2O3. The van der Waals surface area contributed by atoms with E-state index in [-0.39, 0.29) is 24.2 Å². The molecule has 2 aliphatic heterocycles. The number of aromatic hydroxyl groups is 1. The van der Waals surface area contributed by atoms with Crippen LogP contribution in [0.25, 0.3) is 11.1 Å². The van der Waals surface area contributed by atoms with Gasteiger partial charge in [0, 0.05) is 37.8 Å². The lowest BCUT2D eigenvalue weighted by atomic mass is 9.87. The van der Waals surface area contributed by atoms with Crippen molar-refractivity contribution in [3.63, 3.8) is 0 Å². The summed E-state index contributed by atoms with van der Waals surface area (Å²) >= 11 is 0. The number of fused-ring (bicyclic) bond motifs is 2. The molecule has 0 spiro atoms. The van der Waals surface area contributed by atoms with Gasteiger partial charge in [0.05, 0.1) is 6.67 Å². The van der Waals surface area contributed by atoms with Gasteiger partial charge < -0.3 is 14.7 Å². The van der Waals surface area contributed by atoms with Crippen LogP contribution in [-0.4, -0.2) is 53.9 Å². The molecule has 0 radical (unpaired) electrons. The Balaban J connectivity index is 1.36. The van der Waals surface area contributed by atoms with Crippen molar-refractivity contribution in [1.82, 2.24) is 4.90 Å². The Labute approximate surface area is 248 Å². The number of allylic oxidation sites excluding steroid dienone is 1. The van der Waals surface area contributed by atoms with Crippen molar-refractivity contribution in [2.45, 2.75) is 70.9 Å². The Hall–Kier alpha value is -3.64. The van der Waals surface area contributed by atoms with Gasteiger partial charge in [0.15, 0.2) is 0 Å². The summed E-state index contributed by atoms with van der Waals surface area (Å²) in [4.78, 5) is 16.7. The largest absolute Gasteiger partial charge is 0.508 e. The molecule has 0 bridgehead atoms. The molecule has 3 aliphatic rings. The molecule has 6 heteroatoms. The van der Waals surface area contributed by atoms with Crippen LogP contribution in [0.4, 0.5) is 10.1 Å². The van der Waals surface area contributed by atoms with Crippen LogP contribution >= 0.6 is 0 Å². The molecule has 1 fully saturated rings. The predicted molar refractivity (Wildman–Crippen MR) is 167 cm³/mol. The average Bonchev–Trinajstić information content (AvgIpc) is 3.45. The molecule has 6 rings (SSSR count). The fourth-order valence-corrected chi connectivity index (χ4v) is 7.26. The molecule has 0 saturated carbocycles. The van der Waals surface area contributed by atoms with Crippen LogP contribution in [0, 0.1) is 0 Å². The first-order valence-electron chi connectivity index (χ1n) is 15.3. The summed E-state index contributed by atoms with van der Waals surface area (Å²) in [6, 6.07) is 20.7. The fourth-order valence-electron chi connectivity index (χ4n) is 7.26. The van der Waals surface area contributed by atoms with Gasteiger partial charge in [-0.05, 0) is 128 Å². The van der Waals surface area contributed by atoms with Crippen LogP contribution in [0.1, 0.15) is 74.3 Å². The SMILES string of the molecule is CC(=O)N1c2ccc(C3=C(c4ccc(O[C@H]5CCN(CCCF)C5)cc4)c4ccc(O)cc4CCC3)cc2CC1(C)C. The third-order valence-electron chi connectivity index (χ3n) is 9.03. The van der Waals surface area contributed by atoms with Crippen LogP contribution < -0.4 is 9.64 Å². The number of anilines is 1. The number of phenolic OH excluding ortho intramolecular Hbond substituents is 1. The Kier molecular flexibility index (Phi) is 7.84. The maximum atomic E-state index is 12.6. The molecule has 1 atom stereocenters. The lowest BCUT2D eigenvalue weighted by molar-refractivity contribution is -0.117. The van der Waals surface area contributed by atoms with Gasteiger partial charge in [-0.1, -0.05) is 24.3 Å².